The minimum atomic E-state index is -0.260. The van der Waals surface area contributed by atoms with Gasteiger partial charge in [-0.05, 0) is 36.5 Å². The van der Waals surface area contributed by atoms with E-state index < -0.39 is 0 Å². The normalized spacial score (nSPS) is 22.5. The van der Waals surface area contributed by atoms with Crippen molar-refractivity contribution in [1.29, 1.82) is 0 Å². The van der Waals surface area contributed by atoms with Crippen LogP contribution in [0.25, 0.3) is 0 Å². The third-order valence-electron chi connectivity index (χ3n) is 3.54. The number of nitrogens with zero attached hydrogens (tertiary/aromatic N) is 1. The van der Waals surface area contributed by atoms with Crippen LogP contribution in [0.5, 0.6) is 0 Å². The molecule has 0 aliphatic carbocycles. The van der Waals surface area contributed by atoms with E-state index in [0.29, 0.717) is 0 Å². The molecule has 1 unspecified atom stereocenters. The molecule has 0 amide bonds. The molecule has 0 radical (unpaired) electrons. The summed E-state index contributed by atoms with van der Waals surface area (Å²) in [7, 11) is 0. The third-order valence-corrected chi connectivity index (χ3v) is 3.54. The van der Waals surface area contributed by atoms with Crippen molar-refractivity contribution in [2.45, 2.75) is 25.8 Å². The first-order valence-electron chi connectivity index (χ1n) is 6.42. The molecule has 3 nitrogen and oxygen atoms in total. The van der Waals surface area contributed by atoms with Crippen molar-refractivity contribution >= 4 is 5.69 Å². The predicted molar refractivity (Wildman–Crippen MR) is 71.1 cm³/mol. The Labute approximate surface area is 103 Å². The molecule has 2 rings (SSSR count). The van der Waals surface area contributed by atoms with Crippen molar-refractivity contribution in [3.8, 4) is 0 Å². The lowest BCUT2D eigenvalue weighted by molar-refractivity contribution is 0.268. The molecule has 0 aromatic heterocycles. The van der Waals surface area contributed by atoms with Crippen LogP contribution in [0, 0.1) is 5.92 Å². The first kappa shape index (κ1) is 12.4. The van der Waals surface area contributed by atoms with E-state index in [1.807, 2.05) is 12.1 Å². The number of aliphatic hydroxyl groups excluding tert-OH is 1. The summed E-state index contributed by atoms with van der Waals surface area (Å²) in [6.07, 6.45) is 2.61. The third kappa shape index (κ3) is 2.99. The van der Waals surface area contributed by atoms with E-state index >= 15 is 0 Å². The zero-order valence-electron chi connectivity index (χ0n) is 10.5. The Bertz CT molecular complexity index is 350. The van der Waals surface area contributed by atoms with E-state index in [4.69, 9.17) is 10.8 Å². The van der Waals surface area contributed by atoms with Gasteiger partial charge in [0, 0.05) is 18.8 Å². The second-order valence-electron chi connectivity index (χ2n) is 5.07. The lowest BCUT2D eigenvalue weighted by atomic mass is 9.99. The van der Waals surface area contributed by atoms with Gasteiger partial charge >= 0.3 is 0 Å². The molecule has 1 aromatic rings. The Morgan fingerprint density at radius 3 is 2.71 bits per heavy atom. The molecule has 3 heteroatoms. The summed E-state index contributed by atoms with van der Waals surface area (Å²) in [5.41, 5.74) is 8.05. The van der Waals surface area contributed by atoms with Crippen LogP contribution in [0.3, 0.4) is 0 Å². The maximum atomic E-state index is 9.01. The van der Waals surface area contributed by atoms with E-state index in [1.54, 1.807) is 0 Å². The van der Waals surface area contributed by atoms with Crippen LogP contribution in [0.4, 0.5) is 5.69 Å². The van der Waals surface area contributed by atoms with E-state index in [9.17, 15) is 0 Å². The van der Waals surface area contributed by atoms with E-state index in [-0.39, 0.29) is 12.6 Å². The fourth-order valence-electron chi connectivity index (χ4n) is 2.46. The average molecular weight is 234 g/mol. The van der Waals surface area contributed by atoms with Crippen LogP contribution >= 0.6 is 0 Å². The monoisotopic (exact) mass is 234 g/mol. The summed E-state index contributed by atoms with van der Waals surface area (Å²) in [6.45, 7) is 4.60. The molecule has 94 valence electrons. The Morgan fingerprint density at radius 2 is 2.12 bits per heavy atom. The smallest absolute Gasteiger partial charge is 0.0624 e. The van der Waals surface area contributed by atoms with Crippen LogP contribution in [-0.4, -0.2) is 24.8 Å². The number of hydrogen-bond acceptors (Lipinski definition) is 3. The molecule has 1 aromatic carbocycles. The summed E-state index contributed by atoms with van der Waals surface area (Å²) < 4.78 is 0. The molecule has 1 fully saturated rings. The zero-order chi connectivity index (χ0) is 12.3. The van der Waals surface area contributed by atoms with E-state index in [0.717, 1.165) is 24.6 Å². The van der Waals surface area contributed by atoms with Crippen molar-refractivity contribution in [3.63, 3.8) is 0 Å². The van der Waals surface area contributed by atoms with Gasteiger partial charge in [0.1, 0.15) is 0 Å². The number of nitrogens with two attached hydrogens (primary N) is 1. The molecule has 1 saturated heterocycles. The first-order valence-corrected chi connectivity index (χ1v) is 6.42. The maximum Gasteiger partial charge on any atom is 0.0624 e. The van der Waals surface area contributed by atoms with Crippen LogP contribution in [0.15, 0.2) is 24.3 Å². The minimum Gasteiger partial charge on any atom is -0.394 e. The first-order chi connectivity index (χ1) is 8.20. The van der Waals surface area contributed by atoms with Gasteiger partial charge in [-0.1, -0.05) is 19.1 Å². The number of anilines is 1. The zero-order valence-corrected chi connectivity index (χ0v) is 10.5. The number of rotatable bonds is 3. The van der Waals surface area contributed by atoms with Gasteiger partial charge in [0.25, 0.3) is 0 Å². The quantitative estimate of drug-likeness (QED) is 0.840. The Morgan fingerprint density at radius 1 is 1.41 bits per heavy atom. The second-order valence-corrected chi connectivity index (χ2v) is 5.07. The topological polar surface area (TPSA) is 49.5 Å². The summed E-state index contributed by atoms with van der Waals surface area (Å²) in [5, 5.41) is 9.01. The summed E-state index contributed by atoms with van der Waals surface area (Å²) in [6, 6.07) is 8.01. The van der Waals surface area contributed by atoms with Gasteiger partial charge in [-0.2, -0.15) is 0 Å². The van der Waals surface area contributed by atoms with Gasteiger partial charge in [-0.3, -0.25) is 0 Å². The molecule has 2 atom stereocenters. The lowest BCUT2D eigenvalue weighted by Gasteiger charge is -2.33. The minimum absolute atomic E-state index is 0.0000943. The standard InChI is InChI=1S/C14H22N2O/c1-11-3-2-8-16(9-11)13-6-4-12(5-7-13)14(15)10-17/h4-7,11,14,17H,2-3,8-10,15H2,1H3/t11?,14-/m1/s1. The SMILES string of the molecule is CC1CCCN(c2ccc([C@H](N)CO)cc2)C1. The van der Waals surface area contributed by atoms with Gasteiger partial charge in [-0.25, -0.2) is 0 Å². The Balaban J connectivity index is 2.06. The summed E-state index contributed by atoms with van der Waals surface area (Å²) >= 11 is 0. The molecular formula is C14H22N2O. The highest BCUT2D eigenvalue weighted by Gasteiger charge is 2.16. The van der Waals surface area contributed by atoms with Crippen LogP contribution in [0.2, 0.25) is 0 Å². The summed E-state index contributed by atoms with van der Waals surface area (Å²) in [5.74, 6) is 0.781. The Hall–Kier alpha value is -1.06. The fourth-order valence-corrected chi connectivity index (χ4v) is 2.46. The second kappa shape index (κ2) is 5.52. The van der Waals surface area contributed by atoms with Crippen molar-refractivity contribution in [2.75, 3.05) is 24.6 Å². The molecule has 0 spiro atoms. The van der Waals surface area contributed by atoms with E-state index in [2.05, 4.69) is 24.0 Å². The molecule has 0 bridgehead atoms. The highest BCUT2D eigenvalue weighted by Crippen LogP contribution is 2.24. The number of aliphatic hydroxyl groups is 1. The number of piperidine rings is 1. The number of benzene rings is 1. The van der Waals surface area contributed by atoms with Gasteiger partial charge in [0.2, 0.25) is 0 Å². The van der Waals surface area contributed by atoms with Crippen molar-refractivity contribution < 1.29 is 5.11 Å². The molecule has 1 heterocycles. The van der Waals surface area contributed by atoms with Crippen molar-refractivity contribution in [2.24, 2.45) is 11.7 Å². The molecule has 1 aliphatic heterocycles. The predicted octanol–water partition coefficient (Wildman–Crippen LogP) is 1.92. The van der Waals surface area contributed by atoms with Gasteiger partial charge in [0.05, 0.1) is 12.6 Å². The highest BCUT2D eigenvalue weighted by molar-refractivity contribution is 5.48. The highest BCUT2D eigenvalue weighted by atomic mass is 16.3. The number of hydrogen-bond donors (Lipinski definition) is 2. The van der Waals surface area contributed by atoms with Gasteiger partial charge < -0.3 is 15.7 Å². The lowest BCUT2D eigenvalue weighted by Crippen LogP contribution is -2.34. The average Bonchev–Trinajstić information content (AvgIpc) is 2.38. The summed E-state index contributed by atoms with van der Waals surface area (Å²) in [4.78, 5) is 2.43. The molecule has 17 heavy (non-hydrogen) atoms. The Kier molecular flexibility index (Phi) is 4.02. The van der Waals surface area contributed by atoms with Crippen LogP contribution in [-0.2, 0) is 0 Å². The largest absolute Gasteiger partial charge is 0.394 e. The van der Waals surface area contributed by atoms with Gasteiger partial charge in [0.15, 0.2) is 0 Å². The molecule has 1 aliphatic rings. The van der Waals surface area contributed by atoms with E-state index in [1.165, 1.54) is 18.5 Å². The molecular weight excluding hydrogens is 212 g/mol. The van der Waals surface area contributed by atoms with Crippen molar-refractivity contribution in [1.82, 2.24) is 0 Å². The molecule has 0 saturated carbocycles. The van der Waals surface area contributed by atoms with Gasteiger partial charge in [-0.15, -0.1) is 0 Å². The fraction of sp³-hybridized carbons (Fsp3) is 0.571. The maximum absolute atomic E-state index is 9.01. The molecule has 3 N–H and O–H groups in total. The van der Waals surface area contributed by atoms with Crippen LogP contribution < -0.4 is 10.6 Å². The van der Waals surface area contributed by atoms with Crippen LogP contribution in [0.1, 0.15) is 31.4 Å². The van der Waals surface area contributed by atoms with Crippen molar-refractivity contribution in [3.05, 3.63) is 29.8 Å².